The van der Waals surface area contributed by atoms with Crippen molar-refractivity contribution >= 4 is 21.8 Å². The van der Waals surface area contributed by atoms with E-state index in [4.69, 9.17) is 4.74 Å². The zero-order valence-electron chi connectivity index (χ0n) is 10.7. The summed E-state index contributed by atoms with van der Waals surface area (Å²) in [4.78, 5) is 14.0. The Kier molecular flexibility index (Phi) is 5.21. The van der Waals surface area contributed by atoms with Gasteiger partial charge in [-0.1, -0.05) is 0 Å². The monoisotopic (exact) mass is 302 g/mol. The van der Waals surface area contributed by atoms with Crippen molar-refractivity contribution in [3.63, 3.8) is 0 Å². The lowest BCUT2D eigenvalue weighted by atomic mass is 10.3. The van der Waals surface area contributed by atoms with Crippen LogP contribution in [0.3, 0.4) is 0 Å². The Balaban J connectivity index is 2.87. The molecular formula is C12H19BrN2O2. The number of nitrogens with zero attached hydrogens (tertiary/aromatic N) is 2. The predicted molar refractivity (Wildman–Crippen MR) is 71.2 cm³/mol. The number of aryl methyl sites for hydroxylation is 1. The molecule has 4 nitrogen and oxygen atoms in total. The van der Waals surface area contributed by atoms with Crippen LogP contribution in [0.5, 0.6) is 0 Å². The number of aromatic nitrogens is 1. The van der Waals surface area contributed by atoms with Crippen LogP contribution in [-0.4, -0.2) is 42.2 Å². The Morgan fingerprint density at radius 1 is 1.65 bits per heavy atom. The molecule has 96 valence electrons. The minimum Gasteiger partial charge on any atom is -0.383 e. The molecule has 1 aromatic heterocycles. The van der Waals surface area contributed by atoms with Gasteiger partial charge in [-0.05, 0) is 35.8 Å². The third-order valence-electron chi connectivity index (χ3n) is 2.81. The van der Waals surface area contributed by atoms with Crippen LogP contribution < -0.4 is 0 Å². The van der Waals surface area contributed by atoms with Crippen LogP contribution in [0.15, 0.2) is 16.7 Å². The second-order valence-electron chi connectivity index (χ2n) is 4.05. The van der Waals surface area contributed by atoms with Gasteiger partial charge in [0.25, 0.3) is 5.91 Å². The molecule has 1 unspecified atom stereocenters. The molecule has 0 fully saturated rings. The van der Waals surface area contributed by atoms with Crippen molar-refractivity contribution in [2.24, 2.45) is 0 Å². The van der Waals surface area contributed by atoms with E-state index in [2.05, 4.69) is 15.9 Å². The second-order valence-corrected chi connectivity index (χ2v) is 4.97. The number of ether oxygens (including phenoxy) is 1. The minimum absolute atomic E-state index is 0.0158. The highest BCUT2D eigenvalue weighted by atomic mass is 79.9. The lowest BCUT2D eigenvalue weighted by Crippen LogP contribution is -2.38. The molecule has 17 heavy (non-hydrogen) atoms. The zero-order valence-corrected chi connectivity index (χ0v) is 12.3. The first kappa shape index (κ1) is 14.3. The maximum absolute atomic E-state index is 12.3. The van der Waals surface area contributed by atoms with Crippen molar-refractivity contribution in [2.75, 3.05) is 20.8 Å². The van der Waals surface area contributed by atoms with E-state index < -0.39 is 0 Å². The van der Waals surface area contributed by atoms with Crippen LogP contribution in [0.25, 0.3) is 0 Å². The van der Waals surface area contributed by atoms with Crippen molar-refractivity contribution in [1.82, 2.24) is 9.47 Å². The zero-order chi connectivity index (χ0) is 13.0. The Labute approximate surface area is 111 Å². The predicted octanol–water partition coefficient (Wildman–Crippen LogP) is 2.38. The molecule has 1 atom stereocenters. The summed E-state index contributed by atoms with van der Waals surface area (Å²) in [6.45, 7) is 5.30. The number of likely N-dealkylation sites (N-methyl/N-ethyl adjacent to an activating group) is 1. The van der Waals surface area contributed by atoms with Crippen molar-refractivity contribution in [2.45, 2.75) is 26.4 Å². The number of methoxy groups -OCH3 is 1. The van der Waals surface area contributed by atoms with Crippen LogP contribution in [0.2, 0.25) is 0 Å². The van der Waals surface area contributed by atoms with Crippen molar-refractivity contribution in [1.29, 1.82) is 0 Å². The molecule has 0 aliphatic carbocycles. The molecular weight excluding hydrogens is 284 g/mol. The summed E-state index contributed by atoms with van der Waals surface area (Å²) in [7, 11) is 3.44. The summed E-state index contributed by atoms with van der Waals surface area (Å²) in [6, 6.07) is 1.91. The average Bonchev–Trinajstić information content (AvgIpc) is 2.68. The van der Waals surface area contributed by atoms with E-state index in [1.807, 2.05) is 30.7 Å². The number of amides is 1. The van der Waals surface area contributed by atoms with E-state index in [0.29, 0.717) is 12.3 Å². The summed E-state index contributed by atoms with van der Waals surface area (Å²) in [6.07, 6.45) is 1.92. The van der Waals surface area contributed by atoms with Crippen LogP contribution in [-0.2, 0) is 11.3 Å². The van der Waals surface area contributed by atoms with Gasteiger partial charge in [-0.2, -0.15) is 0 Å². The topological polar surface area (TPSA) is 34.5 Å². The fourth-order valence-corrected chi connectivity index (χ4v) is 2.11. The lowest BCUT2D eigenvalue weighted by Gasteiger charge is -2.24. The van der Waals surface area contributed by atoms with E-state index in [1.165, 1.54) is 0 Å². The van der Waals surface area contributed by atoms with Crippen LogP contribution in [0.4, 0.5) is 0 Å². The minimum atomic E-state index is 0.0158. The van der Waals surface area contributed by atoms with Gasteiger partial charge < -0.3 is 14.2 Å². The molecule has 0 spiro atoms. The Morgan fingerprint density at radius 3 is 2.82 bits per heavy atom. The standard InChI is InChI=1S/C12H19BrN2O2/c1-5-15-7-10(13)6-11(15)12(16)14(3)9(2)8-17-4/h6-7,9H,5,8H2,1-4H3. The highest BCUT2D eigenvalue weighted by Gasteiger charge is 2.20. The molecule has 5 heteroatoms. The van der Waals surface area contributed by atoms with Crippen molar-refractivity contribution < 1.29 is 9.53 Å². The fourth-order valence-electron chi connectivity index (χ4n) is 1.65. The van der Waals surface area contributed by atoms with Gasteiger partial charge in [0.15, 0.2) is 0 Å². The second kappa shape index (κ2) is 6.21. The van der Waals surface area contributed by atoms with E-state index in [-0.39, 0.29) is 11.9 Å². The molecule has 1 amide bonds. The van der Waals surface area contributed by atoms with Crippen LogP contribution in [0.1, 0.15) is 24.3 Å². The highest BCUT2D eigenvalue weighted by Crippen LogP contribution is 2.17. The van der Waals surface area contributed by atoms with Gasteiger partial charge >= 0.3 is 0 Å². The maximum atomic E-state index is 12.3. The number of hydrogen-bond acceptors (Lipinski definition) is 2. The number of rotatable bonds is 5. The molecule has 0 N–H and O–H groups in total. The number of halogens is 1. The van der Waals surface area contributed by atoms with Crippen LogP contribution in [0, 0.1) is 0 Å². The molecule has 0 aliphatic rings. The maximum Gasteiger partial charge on any atom is 0.270 e. The number of carbonyl (C=O) groups is 1. The van der Waals surface area contributed by atoms with Crippen LogP contribution >= 0.6 is 15.9 Å². The van der Waals surface area contributed by atoms with Gasteiger partial charge in [-0.3, -0.25) is 4.79 Å². The van der Waals surface area contributed by atoms with Gasteiger partial charge in [0, 0.05) is 31.4 Å². The first-order valence-corrected chi connectivity index (χ1v) is 6.42. The average molecular weight is 303 g/mol. The third kappa shape index (κ3) is 3.33. The van der Waals surface area contributed by atoms with Gasteiger partial charge in [-0.25, -0.2) is 0 Å². The van der Waals surface area contributed by atoms with E-state index in [1.54, 1.807) is 19.1 Å². The molecule has 0 saturated heterocycles. The largest absolute Gasteiger partial charge is 0.383 e. The molecule has 0 aliphatic heterocycles. The summed E-state index contributed by atoms with van der Waals surface area (Å²) in [5, 5.41) is 0. The highest BCUT2D eigenvalue weighted by molar-refractivity contribution is 9.10. The molecule has 1 rings (SSSR count). The summed E-state index contributed by atoms with van der Waals surface area (Å²) < 4.78 is 7.92. The Bertz CT molecular complexity index is 390. The Morgan fingerprint density at radius 2 is 2.29 bits per heavy atom. The first-order chi connectivity index (χ1) is 8.01. The summed E-state index contributed by atoms with van der Waals surface area (Å²) >= 11 is 3.39. The van der Waals surface area contributed by atoms with E-state index in [9.17, 15) is 4.79 Å². The number of carbonyl (C=O) groups excluding carboxylic acids is 1. The van der Waals surface area contributed by atoms with Gasteiger partial charge in [-0.15, -0.1) is 0 Å². The molecule has 0 bridgehead atoms. The molecule has 0 saturated carbocycles. The van der Waals surface area contributed by atoms with Gasteiger partial charge in [0.05, 0.1) is 12.6 Å². The third-order valence-corrected chi connectivity index (χ3v) is 3.25. The molecule has 0 radical (unpaired) electrons. The van der Waals surface area contributed by atoms with E-state index >= 15 is 0 Å². The SMILES string of the molecule is CCn1cc(Br)cc1C(=O)N(C)C(C)COC. The smallest absolute Gasteiger partial charge is 0.270 e. The van der Waals surface area contributed by atoms with Crippen molar-refractivity contribution in [3.8, 4) is 0 Å². The Hall–Kier alpha value is -0.810. The fraction of sp³-hybridized carbons (Fsp3) is 0.583. The lowest BCUT2D eigenvalue weighted by molar-refractivity contribution is 0.0623. The van der Waals surface area contributed by atoms with E-state index in [0.717, 1.165) is 11.0 Å². The first-order valence-electron chi connectivity index (χ1n) is 5.63. The number of hydrogen-bond donors (Lipinski definition) is 0. The normalized spacial score (nSPS) is 12.5. The molecule has 1 heterocycles. The van der Waals surface area contributed by atoms with Crippen molar-refractivity contribution in [3.05, 3.63) is 22.4 Å². The van der Waals surface area contributed by atoms with Gasteiger partial charge in [0.2, 0.25) is 0 Å². The quantitative estimate of drug-likeness (QED) is 0.837. The molecule has 1 aromatic rings. The summed E-state index contributed by atoms with van der Waals surface area (Å²) in [5.41, 5.74) is 0.699. The van der Waals surface area contributed by atoms with Gasteiger partial charge in [0.1, 0.15) is 5.69 Å². The summed E-state index contributed by atoms with van der Waals surface area (Å²) in [5.74, 6) is 0.0158. The molecule has 0 aromatic carbocycles.